The molecule has 11 N–H and O–H groups in total. The van der Waals surface area contributed by atoms with Crippen molar-refractivity contribution < 1.29 is 136 Å². The molecule has 11 rings (SSSR count). The third kappa shape index (κ3) is 18.6. The van der Waals surface area contributed by atoms with Gasteiger partial charge in [-0.2, -0.15) is 5.10 Å². The smallest absolute Gasteiger partial charge is 0.416 e. The van der Waals surface area contributed by atoms with Gasteiger partial charge in [0.1, 0.15) is 86.0 Å². The maximum atomic E-state index is 14.8. The summed E-state index contributed by atoms with van der Waals surface area (Å²) in [6, 6.07) is 13.9. The number of carboxylic acid groups (broad SMARTS) is 1. The molecule has 4 fully saturated rings. The van der Waals surface area contributed by atoms with Gasteiger partial charge in [-0.3, -0.25) is 23.9 Å². The first kappa shape index (κ1) is 83.2. The normalized spacial score (nSPS) is 24.2. The second kappa shape index (κ2) is 37.3. The number of carbonyl (C=O) groups is 7. The summed E-state index contributed by atoms with van der Waals surface area (Å²) in [7, 11) is 2.84. The number of hydrogen-bond acceptors (Lipinski definition) is 29. The maximum Gasteiger partial charge on any atom is 0.416 e. The summed E-state index contributed by atoms with van der Waals surface area (Å²) in [5.41, 5.74) is 2.70. The Bertz CT molecular complexity index is 4290. The van der Waals surface area contributed by atoms with E-state index in [-0.39, 0.29) is 185 Å². The predicted octanol–water partition coefficient (Wildman–Crippen LogP) is 3.65. The van der Waals surface area contributed by atoms with Crippen molar-refractivity contribution >= 4 is 52.9 Å². The van der Waals surface area contributed by atoms with Crippen molar-refractivity contribution in [2.24, 2.45) is 5.90 Å². The Hall–Kier alpha value is -9.70. The molecule has 4 amide bonds. The van der Waals surface area contributed by atoms with Gasteiger partial charge in [0.05, 0.1) is 104 Å². The van der Waals surface area contributed by atoms with Gasteiger partial charge in [0, 0.05) is 51.8 Å². The number of nitrogens with two attached hydrogens (primary N) is 1. The molecule has 2 unspecified atom stereocenters. The molecule has 5 aromatic rings. The number of ketones is 2. The first-order chi connectivity index (χ1) is 53.7. The van der Waals surface area contributed by atoms with Crippen molar-refractivity contribution in [3.63, 3.8) is 0 Å². The van der Waals surface area contributed by atoms with E-state index in [2.05, 4.69) is 18.0 Å². The lowest BCUT2D eigenvalue weighted by molar-refractivity contribution is -0.271. The fourth-order valence-corrected chi connectivity index (χ4v) is 14.2. The lowest BCUT2D eigenvalue weighted by Gasteiger charge is -2.38. The number of rotatable bonds is 34. The molecule has 35 heteroatoms. The van der Waals surface area contributed by atoms with E-state index in [0.29, 0.717) is 52.9 Å². The molecule has 3 saturated heterocycles. The van der Waals surface area contributed by atoms with Gasteiger partial charge in [-0.25, -0.2) is 30.1 Å². The monoisotopic (exact) mass is 1570 g/mol. The molecule has 35 nitrogen and oxygen atoms in total. The molecule has 6 heterocycles. The van der Waals surface area contributed by atoms with E-state index in [9.17, 15) is 79.5 Å². The number of aliphatic carboxylic acids is 1. The maximum absolute atomic E-state index is 14.8. The zero-order valence-electron chi connectivity index (χ0n) is 62.4. The second-order valence-electron chi connectivity index (χ2n) is 28.1. The zero-order chi connectivity index (χ0) is 80.4. The molecule has 1 saturated carbocycles. The molecule has 6 aliphatic rings. The van der Waals surface area contributed by atoms with Crippen LogP contribution in [0, 0.1) is 6.92 Å². The summed E-state index contributed by atoms with van der Waals surface area (Å²) in [4.78, 5) is 108. The summed E-state index contributed by atoms with van der Waals surface area (Å²) in [6.45, 7) is 11.6. The number of amides is 4. The fraction of sp³-hybridized carbons (Fsp3) is 0.506. The van der Waals surface area contributed by atoms with Crippen LogP contribution in [0.5, 0.6) is 28.7 Å². The number of benzene rings is 4. The van der Waals surface area contributed by atoms with Crippen molar-refractivity contribution in [3.8, 4) is 28.7 Å². The first-order valence-electron chi connectivity index (χ1n) is 36.7. The summed E-state index contributed by atoms with van der Waals surface area (Å²) in [5.74, 6) is 1.66. The zero-order valence-corrected chi connectivity index (χ0v) is 62.4. The van der Waals surface area contributed by atoms with Gasteiger partial charge in [0.25, 0.3) is 11.8 Å². The van der Waals surface area contributed by atoms with Gasteiger partial charge in [-0.15, -0.1) is 0 Å². The molecule has 606 valence electrons. The lowest BCUT2D eigenvalue weighted by Crippen LogP contribution is -2.61. The predicted molar refractivity (Wildman–Crippen MR) is 390 cm³/mol. The number of fused-ring (bicyclic) bond motifs is 4. The molecule has 0 spiro atoms. The van der Waals surface area contributed by atoms with Gasteiger partial charge in [0.2, 0.25) is 6.29 Å². The number of aryl methyl sites for hydroxylation is 1. The fourth-order valence-electron chi connectivity index (χ4n) is 14.2. The Labute approximate surface area is 643 Å². The number of unbranched alkanes of at least 4 members (excludes halogenated alkanes) is 1. The van der Waals surface area contributed by atoms with Crippen molar-refractivity contribution in [2.75, 3.05) is 76.8 Å². The average molecular weight is 1570 g/mol. The van der Waals surface area contributed by atoms with Crippen molar-refractivity contribution in [1.82, 2.24) is 19.6 Å². The number of aromatic nitrogens is 2. The average Bonchev–Trinajstić information content (AvgIpc) is 1.60. The van der Waals surface area contributed by atoms with E-state index in [1.54, 1.807) is 17.7 Å². The molecule has 0 radical (unpaired) electrons. The van der Waals surface area contributed by atoms with E-state index in [4.69, 9.17) is 63.1 Å². The first-order valence-corrected chi connectivity index (χ1v) is 36.7. The molecular weight excluding hydrogens is 1470 g/mol. The van der Waals surface area contributed by atoms with Crippen LogP contribution in [0.15, 0.2) is 91.0 Å². The Kier molecular flexibility index (Phi) is 27.7. The minimum Gasteiger partial charge on any atom is -0.493 e. The number of Topliss-reactive ketones (excluding diaryl/α,β-unsaturated/α-hetero) is 2. The van der Waals surface area contributed by atoms with Crippen LogP contribution in [0.2, 0.25) is 0 Å². The molecule has 0 bridgehead atoms. The van der Waals surface area contributed by atoms with Crippen LogP contribution in [0.4, 0.5) is 21.0 Å². The molecule has 13 atom stereocenters. The Morgan fingerprint density at radius 2 is 1.16 bits per heavy atom. The van der Waals surface area contributed by atoms with Crippen LogP contribution in [0.25, 0.3) is 0 Å². The van der Waals surface area contributed by atoms with Crippen LogP contribution in [0.3, 0.4) is 0 Å². The highest BCUT2D eigenvalue weighted by Gasteiger charge is 2.51. The molecule has 1 aromatic heterocycles. The highest BCUT2D eigenvalue weighted by Crippen LogP contribution is 2.44. The molecule has 1 aliphatic carbocycles. The van der Waals surface area contributed by atoms with Gasteiger partial charge in [-0.1, -0.05) is 49.8 Å². The molecule has 4 aromatic carbocycles. The van der Waals surface area contributed by atoms with E-state index in [1.165, 1.54) is 84.7 Å². The topological polar surface area (TPSA) is 469 Å². The molecular formula is C77H95N7O28. The van der Waals surface area contributed by atoms with E-state index in [0.717, 1.165) is 9.80 Å². The number of nitrogens with zero attached hydrogens (tertiary/aromatic N) is 6. The largest absolute Gasteiger partial charge is 0.493 e. The van der Waals surface area contributed by atoms with Crippen molar-refractivity contribution in [2.45, 2.75) is 184 Å². The third-order valence-electron chi connectivity index (χ3n) is 20.2. The van der Waals surface area contributed by atoms with Crippen molar-refractivity contribution in [1.29, 1.82) is 0 Å². The number of aliphatic hydroxyl groups excluding tert-OH is 8. The van der Waals surface area contributed by atoms with E-state index >= 15 is 0 Å². The van der Waals surface area contributed by atoms with Crippen molar-refractivity contribution in [3.05, 3.63) is 141 Å². The Morgan fingerprint density at radius 1 is 0.598 bits per heavy atom. The van der Waals surface area contributed by atoms with Crippen LogP contribution >= 0.6 is 0 Å². The SMILES string of the molecule is C=C1C[C@H]2C(O)N(C(=O)OCc3ccc(O[C@@H]4O[C@H](C(=O)O)[C@@H](O)[C@H](O)[C@H]4O)c(C(=O)CCCC)c3)c3cc(OCc4cc(COc5cc6c(cc5OC)C(=O)N5CC(=C)C[C@H]5C(O)N6C(=O)OCc5ccc(O[C@@H]6CC[C@@H](O)[C@H](O)[C@H]6O)c(C(=O)CCCOC)c5)nn4CCOCCOCCON)c(C)cc3C(=O)N2C1. The van der Waals surface area contributed by atoms with Crippen LogP contribution in [-0.4, -0.2) is 254 Å². The number of aliphatic hydroxyl groups is 8. The van der Waals surface area contributed by atoms with Gasteiger partial charge >= 0.3 is 18.2 Å². The molecule has 5 aliphatic heterocycles. The van der Waals surface area contributed by atoms with Gasteiger partial charge in [0.15, 0.2) is 41.6 Å². The third-order valence-corrected chi connectivity index (χ3v) is 20.2. The van der Waals surface area contributed by atoms with E-state index < -0.39 is 129 Å². The summed E-state index contributed by atoms with van der Waals surface area (Å²) >= 11 is 0. The number of ether oxygens (including phenoxy) is 11. The number of carboxylic acids is 1. The minimum atomic E-state index is -2.01. The molecule has 112 heavy (non-hydrogen) atoms. The highest BCUT2D eigenvalue weighted by molar-refractivity contribution is 6.07. The summed E-state index contributed by atoms with van der Waals surface area (Å²) < 4.78 is 66.2. The van der Waals surface area contributed by atoms with E-state index in [1.807, 2.05) is 6.92 Å². The van der Waals surface area contributed by atoms with Gasteiger partial charge in [-0.05, 0) is 105 Å². The number of methoxy groups -OCH3 is 2. The quantitative estimate of drug-likeness (QED) is 0.0122. The summed E-state index contributed by atoms with van der Waals surface area (Å²) in [6.07, 6.45) is -18.6. The number of hydrogen-bond donors (Lipinski definition) is 10. The Balaban J connectivity index is 0.853. The van der Waals surface area contributed by atoms with Gasteiger partial charge < -0.3 is 113 Å². The number of anilines is 2. The minimum absolute atomic E-state index is 0.00731. The summed E-state index contributed by atoms with van der Waals surface area (Å²) in [5, 5.41) is 102. The van der Waals surface area contributed by atoms with Crippen LogP contribution < -0.4 is 39.4 Å². The standard InChI is InChI=1S/C77H95N7O28/c1-7-8-10-55(85)50-29-44(13-16-59(50)111-75-68(92)66(90)67(91)69(112-75)74(97)98)37-107-76(99)83-51-32-61(42(4)27-47(51)70(93)80-34-40(2)25-53(80)72(83)95)106-39-46-30-45(79-82(46)18-20-103-21-22-104-23-24-109-78)38-105-63-33-52-48(31-62(63)102-6)71(94)81-35-41(3)26-54(81)73(96)84(52)77(100)108-36-43-12-15-58(49(28-43)56(86)11-9-19-101-5)110-60-17-14-57(87)64(88)65(60)89/h12-13,15-16,27-33,53-54,57,60,64-69,72-73,75,87-92,95-96H,2-3,7-11,14,17-26,34-39,78H2,1,4-6H3,(H,97,98)/t53-,54-,57+,60+,64-,65-,66-,67-,68+,69-,72?,73?,75+/m0/s1. The Morgan fingerprint density at radius 3 is 1.74 bits per heavy atom. The van der Waals surface area contributed by atoms with Crippen LogP contribution in [-0.2, 0) is 71.0 Å². The highest BCUT2D eigenvalue weighted by atomic mass is 16.7. The lowest BCUT2D eigenvalue weighted by atomic mass is 9.89. The van der Waals surface area contributed by atoms with Crippen LogP contribution in [0.1, 0.15) is 134 Å². The second-order valence-corrected chi connectivity index (χ2v) is 28.1. The number of carbonyl (C=O) groups excluding carboxylic acids is 6.